The Kier molecular flexibility index (Phi) is 2.05. The number of aryl methyl sites for hydroxylation is 1. The summed E-state index contributed by atoms with van der Waals surface area (Å²) in [7, 11) is 0. The molecular weight excluding hydrogens is 260 g/mol. The van der Waals surface area contributed by atoms with E-state index in [1.54, 1.807) is 0 Å². The van der Waals surface area contributed by atoms with Gasteiger partial charge in [-0.05, 0) is 37.3 Å². The lowest BCUT2D eigenvalue weighted by Crippen LogP contribution is -2.33. The molecule has 2 aliphatic heterocycles. The predicted octanol–water partition coefficient (Wildman–Crippen LogP) is 3.38. The van der Waals surface area contributed by atoms with E-state index in [0.717, 1.165) is 59.6 Å². The van der Waals surface area contributed by atoms with Gasteiger partial charge < -0.3 is 0 Å². The highest BCUT2D eigenvalue weighted by molar-refractivity contribution is 6.40. The molecule has 0 unspecified atom stereocenters. The highest BCUT2D eigenvalue weighted by Gasteiger charge is 2.42. The molecule has 1 saturated heterocycles. The summed E-state index contributed by atoms with van der Waals surface area (Å²) in [5.41, 5.74) is 6.35. The van der Waals surface area contributed by atoms with Crippen molar-refractivity contribution in [1.82, 2.24) is 0 Å². The SMILES string of the molecule is O=C1C2=CCCC=C2C2=NC3=CCCc4cccc(c43)N12. The molecule has 1 fully saturated rings. The molecule has 1 aromatic carbocycles. The zero-order chi connectivity index (χ0) is 14.0. The molecule has 2 aliphatic carbocycles. The number of nitrogens with zero attached hydrogens (tertiary/aromatic N) is 2. The van der Waals surface area contributed by atoms with E-state index in [0.29, 0.717) is 0 Å². The van der Waals surface area contributed by atoms with Crippen LogP contribution in [0.2, 0.25) is 0 Å². The van der Waals surface area contributed by atoms with Crippen LogP contribution in [-0.4, -0.2) is 11.7 Å². The number of amides is 1. The average Bonchev–Trinajstić information content (AvgIpc) is 2.82. The molecule has 1 amide bonds. The quantitative estimate of drug-likeness (QED) is 0.714. The lowest BCUT2D eigenvalue weighted by atomic mass is 9.91. The maximum absolute atomic E-state index is 12.8. The Morgan fingerprint density at radius 2 is 1.86 bits per heavy atom. The first-order chi connectivity index (χ1) is 10.3. The van der Waals surface area contributed by atoms with Crippen LogP contribution < -0.4 is 4.90 Å². The third kappa shape index (κ3) is 1.33. The molecule has 1 aromatic rings. The molecule has 102 valence electrons. The summed E-state index contributed by atoms with van der Waals surface area (Å²) in [6.45, 7) is 0. The molecule has 3 heteroatoms. The van der Waals surface area contributed by atoms with Crippen molar-refractivity contribution < 1.29 is 4.79 Å². The van der Waals surface area contributed by atoms with Gasteiger partial charge in [-0.15, -0.1) is 0 Å². The minimum Gasteiger partial charge on any atom is -0.268 e. The lowest BCUT2D eigenvalue weighted by molar-refractivity contribution is -0.113. The molecule has 0 N–H and O–H groups in total. The topological polar surface area (TPSA) is 32.7 Å². The van der Waals surface area contributed by atoms with E-state index in [1.807, 2.05) is 11.0 Å². The fraction of sp³-hybridized carbons (Fsp3) is 0.222. The minimum atomic E-state index is 0.0812. The normalized spacial score (nSPS) is 21.7. The van der Waals surface area contributed by atoms with Gasteiger partial charge in [0.1, 0.15) is 5.84 Å². The van der Waals surface area contributed by atoms with E-state index in [4.69, 9.17) is 4.99 Å². The van der Waals surface area contributed by atoms with E-state index >= 15 is 0 Å². The summed E-state index contributed by atoms with van der Waals surface area (Å²) in [6.07, 6.45) is 10.4. The van der Waals surface area contributed by atoms with Gasteiger partial charge in [0, 0.05) is 16.7 Å². The number of amidine groups is 1. The van der Waals surface area contributed by atoms with E-state index in [1.165, 1.54) is 5.56 Å². The van der Waals surface area contributed by atoms with Crippen LogP contribution >= 0.6 is 0 Å². The zero-order valence-corrected chi connectivity index (χ0v) is 11.6. The molecule has 0 saturated carbocycles. The van der Waals surface area contributed by atoms with Crippen molar-refractivity contribution in [3.05, 3.63) is 58.7 Å². The van der Waals surface area contributed by atoms with Crippen LogP contribution in [0, 0.1) is 0 Å². The third-order valence-electron chi connectivity index (χ3n) is 4.64. The maximum Gasteiger partial charge on any atom is 0.264 e. The van der Waals surface area contributed by atoms with Crippen molar-refractivity contribution in [3.8, 4) is 0 Å². The van der Waals surface area contributed by atoms with Crippen molar-refractivity contribution in [1.29, 1.82) is 0 Å². The van der Waals surface area contributed by atoms with Crippen LogP contribution in [0.3, 0.4) is 0 Å². The summed E-state index contributed by atoms with van der Waals surface area (Å²) < 4.78 is 0. The third-order valence-corrected chi connectivity index (χ3v) is 4.64. The van der Waals surface area contributed by atoms with Crippen LogP contribution in [0.4, 0.5) is 5.69 Å². The number of carbonyl (C=O) groups is 1. The Hall–Kier alpha value is -2.42. The van der Waals surface area contributed by atoms with Crippen LogP contribution in [0.15, 0.2) is 52.6 Å². The number of anilines is 1. The van der Waals surface area contributed by atoms with Gasteiger partial charge in [0.2, 0.25) is 0 Å². The summed E-state index contributed by atoms with van der Waals surface area (Å²) in [4.78, 5) is 19.4. The second-order valence-corrected chi connectivity index (χ2v) is 5.83. The van der Waals surface area contributed by atoms with Crippen LogP contribution in [0.5, 0.6) is 0 Å². The predicted molar refractivity (Wildman–Crippen MR) is 83.1 cm³/mol. The first kappa shape index (κ1) is 11.3. The molecule has 0 spiro atoms. The van der Waals surface area contributed by atoms with Crippen LogP contribution in [-0.2, 0) is 11.2 Å². The van der Waals surface area contributed by atoms with Crippen LogP contribution in [0.1, 0.15) is 30.4 Å². The average molecular weight is 274 g/mol. The minimum absolute atomic E-state index is 0.0812. The fourth-order valence-electron chi connectivity index (χ4n) is 3.72. The molecule has 5 rings (SSSR count). The second kappa shape index (κ2) is 3.82. The summed E-state index contributed by atoms with van der Waals surface area (Å²) in [6, 6.07) is 6.25. The Labute approximate surface area is 123 Å². The molecule has 0 bridgehead atoms. The van der Waals surface area contributed by atoms with E-state index in [2.05, 4.69) is 30.4 Å². The Bertz CT molecular complexity index is 824. The number of rotatable bonds is 0. The van der Waals surface area contributed by atoms with Crippen molar-refractivity contribution in [2.24, 2.45) is 4.99 Å². The second-order valence-electron chi connectivity index (χ2n) is 5.83. The Morgan fingerprint density at radius 1 is 1.00 bits per heavy atom. The number of hydrogen-bond acceptors (Lipinski definition) is 2. The number of hydrogen-bond donors (Lipinski definition) is 0. The standard InChI is InChI=1S/C18H14N2O/c21-18-13-8-2-1-7-12(13)17-19-14-9-3-5-11-6-4-10-15(16(11)14)20(17)18/h4,6-10H,1-3,5H2. The molecule has 0 radical (unpaired) electrons. The number of fused-ring (bicyclic) bond motifs is 4. The monoisotopic (exact) mass is 274 g/mol. The van der Waals surface area contributed by atoms with E-state index in [-0.39, 0.29) is 5.91 Å². The van der Waals surface area contributed by atoms with Crippen molar-refractivity contribution >= 4 is 23.1 Å². The van der Waals surface area contributed by atoms with Gasteiger partial charge in [0.25, 0.3) is 5.91 Å². The van der Waals surface area contributed by atoms with Gasteiger partial charge in [-0.25, -0.2) is 4.99 Å². The summed E-state index contributed by atoms with van der Waals surface area (Å²) in [5, 5.41) is 0. The first-order valence-electron chi connectivity index (χ1n) is 7.51. The molecule has 3 nitrogen and oxygen atoms in total. The van der Waals surface area contributed by atoms with Crippen molar-refractivity contribution in [2.75, 3.05) is 4.90 Å². The highest BCUT2D eigenvalue weighted by Crippen LogP contribution is 2.44. The van der Waals surface area contributed by atoms with Gasteiger partial charge in [0.05, 0.1) is 11.4 Å². The summed E-state index contributed by atoms with van der Waals surface area (Å²) >= 11 is 0. The van der Waals surface area contributed by atoms with Gasteiger partial charge in [-0.1, -0.05) is 30.4 Å². The van der Waals surface area contributed by atoms with Crippen molar-refractivity contribution in [2.45, 2.75) is 25.7 Å². The number of benzene rings is 1. The van der Waals surface area contributed by atoms with Crippen LogP contribution in [0.25, 0.3) is 5.70 Å². The molecular formula is C18H14N2O. The fourth-order valence-corrected chi connectivity index (χ4v) is 3.72. The maximum atomic E-state index is 12.8. The molecule has 4 aliphatic rings. The van der Waals surface area contributed by atoms with Gasteiger partial charge >= 0.3 is 0 Å². The van der Waals surface area contributed by atoms with Gasteiger partial charge in [0.15, 0.2) is 0 Å². The molecule has 2 heterocycles. The molecule has 0 aromatic heterocycles. The number of carbonyl (C=O) groups excluding carboxylic acids is 1. The number of aliphatic imine (C=N–C) groups is 1. The Morgan fingerprint density at radius 3 is 2.76 bits per heavy atom. The Balaban J connectivity index is 1.83. The largest absolute Gasteiger partial charge is 0.268 e. The van der Waals surface area contributed by atoms with E-state index in [9.17, 15) is 4.79 Å². The van der Waals surface area contributed by atoms with Gasteiger partial charge in [-0.2, -0.15) is 0 Å². The van der Waals surface area contributed by atoms with Gasteiger partial charge in [-0.3, -0.25) is 9.69 Å². The first-order valence-corrected chi connectivity index (χ1v) is 7.51. The molecule has 0 atom stereocenters. The zero-order valence-electron chi connectivity index (χ0n) is 11.6. The van der Waals surface area contributed by atoms with E-state index < -0.39 is 0 Å². The smallest absolute Gasteiger partial charge is 0.264 e. The highest BCUT2D eigenvalue weighted by atomic mass is 16.2. The van der Waals surface area contributed by atoms with Crippen molar-refractivity contribution in [3.63, 3.8) is 0 Å². The molecule has 21 heavy (non-hydrogen) atoms. The summed E-state index contributed by atoms with van der Waals surface area (Å²) in [5.74, 6) is 0.904. The lowest BCUT2D eigenvalue weighted by Gasteiger charge is -2.29. The number of allylic oxidation sites excluding steroid dienone is 3.